The Bertz CT molecular complexity index is 581. The third-order valence-corrected chi connectivity index (χ3v) is 4.17. The highest BCUT2D eigenvalue weighted by atomic mass is 16.5. The second-order valence-electron chi connectivity index (χ2n) is 5.72. The zero-order chi connectivity index (χ0) is 14.7. The summed E-state index contributed by atoms with van der Waals surface area (Å²) in [5.41, 5.74) is 2.69. The molecule has 2 aromatic rings. The van der Waals surface area contributed by atoms with Gasteiger partial charge in [-0.15, -0.1) is 0 Å². The lowest BCUT2D eigenvalue weighted by Crippen LogP contribution is -2.22. The van der Waals surface area contributed by atoms with Gasteiger partial charge in [-0.2, -0.15) is 0 Å². The van der Waals surface area contributed by atoms with Crippen molar-refractivity contribution in [3.63, 3.8) is 0 Å². The van der Waals surface area contributed by atoms with Crippen LogP contribution < -0.4 is 10.1 Å². The first-order valence-corrected chi connectivity index (χ1v) is 7.82. The summed E-state index contributed by atoms with van der Waals surface area (Å²) in [6, 6.07) is 20.0. The normalized spacial score (nSPS) is 21.8. The standard InChI is InChI=1S/C19H23NO/c1-3-21-19-12-8-7-11-16(19)14(2)20-18-13-17(18)15-9-5-4-6-10-15/h4-12,14,17-18,20H,3,13H2,1-2H3. The van der Waals surface area contributed by atoms with Crippen LogP contribution in [0.15, 0.2) is 54.6 Å². The molecule has 2 aromatic carbocycles. The zero-order valence-electron chi connectivity index (χ0n) is 12.8. The van der Waals surface area contributed by atoms with Gasteiger partial charge in [0.25, 0.3) is 0 Å². The lowest BCUT2D eigenvalue weighted by Gasteiger charge is -2.18. The second-order valence-corrected chi connectivity index (χ2v) is 5.72. The first-order valence-electron chi connectivity index (χ1n) is 7.82. The lowest BCUT2D eigenvalue weighted by molar-refractivity contribution is 0.332. The summed E-state index contributed by atoms with van der Waals surface area (Å²) in [5.74, 6) is 1.66. The summed E-state index contributed by atoms with van der Waals surface area (Å²) >= 11 is 0. The van der Waals surface area contributed by atoms with Crippen LogP contribution in [0.25, 0.3) is 0 Å². The van der Waals surface area contributed by atoms with Crippen LogP contribution in [0.1, 0.15) is 43.4 Å². The molecule has 1 saturated carbocycles. The van der Waals surface area contributed by atoms with Crippen LogP contribution in [0.3, 0.4) is 0 Å². The van der Waals surface area contributed by atoms with Crippen LogP contribution in [-0.2, 0) is 0 Å². The summed E-state index contributed by atoms with van der Waals surface area (Å²) in [6.07, 6.45) is 1.23. The minimum Gasteiger partial charge on any atom is -0.494 e. The summed E-state index contributed by atoms with van der Waals surface area (Å²) in [6.45, 7) is 4.96. The molecule has 3 unspecified atom stereocenters. The van der Waals surface area contributed by atoms with E-state index < -0.39 is 0 Å². The van der Waals surface area contributed by atoms with Gasteiger partial charge in [0.05, 0.1) is 6.61 Å². The molecule has 0 aliphatic heterocycles. The van der Waals surface area contributed by atoms with E-state index in [9.17, 15) is 0 Å². The average molecular weight is 281 g/mol. The van der Waals surface area contributed by atoms with Gasteiger partial charge in [0, 0.05) is 23.6 Å². The summed E-state index contributed by atoms with van der Waals surface area (Å²) in [4.78, 5) is 0. The average Bonchev–Trinajstić information content (AvgIpc) is 3.28. The Morgan fingerprint density at radius 3 is 2.57 bits per heavy atom. The molecule has 1 aliphatic rings. The summed E-state index contributed by atoms with van der Waals surface area (Å²) < 4.78 is 5.73. The summed E-state index contributed by atoms with van der Waals surface area (Å²) in [5, 5.41) is 3.74. The molecule has 3 atom stereocenters. The highest BCUT2D eigenvalue weighted by molar-refractivity contribution is 5.36. The SMILES string of the molecule is CCOc1ccccc1C(C)NC1CC1c1ccccc1. The number of hydrogen-bond donors (Lipinski definition) is 1. The molecular formula is C19H23NO. The Labute approximate surface area is 127 Å². The van der Waals surface area contributed by atoms with Crippen molar-refractivity contribution in [2.45, 2.75) is 38.3 Å². The van der Waals surface area contributed by atoms with Crippen LogP contribution in [0.4, 0.5) is 0 Å². The Morgan fingerprint density at radius 1 is 1.10 bits per heavy atom. The Balaban J connectivity index is 1.64. The summed E-state index contributed by atoms with van der Waals surface area (Å²) in [7, 11) is 0. The van der Waals surface area contributed by atoms with Crippen molar-refractivity contribution in [3.8, 4) is 5.75 Å². The Kier molecular flexibility index (Phi) is 4.26. The van der Waals surface area contributed by atoms with Gasteiger partial charge >= 0.3 is 0 Å². The van der Waals surface area contributed by atoms with Gasteiger partial charge in [-0.25, -0.2) is 0 Å². The van der Waals surface area contributed by atoms with Gasteiger partial charge in [0.2, 0.25) is 0 Å². The molecule has 21 heavy (non-hydrogen) atoms. The molecule has 2 nitrogen and oxygen atoms in total. The molecule has 2 heteroatoms. The van der Waals surface area contributed by atoms with E-state index in [1.165, 1.54) is 17.5 Å². The van der Waals surface area contributed by atoms with Crippen LogP contribution in [0.2, 0.25) is 0 Å². The molecule has 1 aliphatic carbocycles. The third-order valence-electron chi connectivity index (χ3n) is 4.17. The largest absolute Gasteiger partial charge is 0.494 e. The van der Waals surface area contributed by atoms with Crippen molar-refractivity contribution in [1.29, 1.82) is 0 Å². The van der Waals surface area contributed by atoms with E-state index in [-0.39, 0.29) is 0 Å². The fourth-order valence-corrected chi connectivity index (χ4v) is 2.98. The molecule has 0 amide bonds. The van der Waals surface area contributed by atoms with E-state index in [1.54, 1.807) is 0 Å². The smallest absolute Gasteiger partial charge is 0.124 e. The van der Waals surface area contributed by atoms with Gasteiger partial charge in [0.15, 0.2) is 0 Å². The molecule has 0 bridgehead atoms. The maximum Gasteiger partial charge on any atom is 0.124 e. The van der Waals surface area contributed by atoms with E-state index in [0.29, 0.717) is 24.6 Å². The van der Waals surface area contributed by atoms with Crippen molar-refractivity contribution in [2.24, 2.45) is 0 Å². The number of hydrogen-bond acceptors (Lipinski definition) is 2. The van der Waals surface area contributed by atoms with Gasteiger partial charge in [-0.1, -0.05) is 48.5 Å². The van der Waals surface area contributed by atoms with E-state index in [2.05, 4.69) is 60.8 Å². The van der Waals surface area contributed by atoms with Gasteiger partial charge < -0.3 is 10.1 Å². The Hall–Kier alpha value is -1.80. The van der Waals surface area contributed by atoms with Crippen LogP contribution >= 0.6 is 0 Å². The molecule has 0 aromatic heterocycles. The minimum absolute atomic E-state index is 0.312. The lowest BCUT2D eigenvalue weighted by atomic mass is 10.1. The molecule has 110 valence electrons. The van der Waals surface area contributed by atoms with Gasteiger partial charge in [0.1, 0.15) is 5.75 Å². The van der Waals surface area contributed by atoms with Crippen LogP contribution in [0.5, 0.6) is 5.75 Å². The zero-order valence-corrected chi connectivity index (χ0v) is 12.8. The molecule has 1 fully saturated rings. The molecule has 3 rings (SSSR count). The maximum absolute atomic E-state index is 5.73. The number of para-hydroxylation sites is 1. The number of ether oxygens (including phenoxy) is 1. The minimum atomic E-state index is 0.312. The molecule has 0 radical (unpaired) electrons. The predicted octanol–water partition coefficient (Wildman–Crippen LogP) is 4.29. The van der Waals surface area contributed by atoms with Gasteiger partial charge in [-0.05, 0) is 31.9 Å². The number of nitrogens with one attached hydrogen (secondary N) is 1. The topological polar surface area (TPSA) is 21.3 Å². The number of rotatable bonds is 6. The van der Waals surface area contributed by atoms with E-state index in [1.807, 2.05) is 13.0 Å². The molecule has 0 heterocycles. The fourth-order valence-electron chi connectivity index (χ4n) is 2.98. The van der Waals surface area contributed by atoms with Crippen LogP contribution in [-0.4, -0.2) is 12.6 Å². The van der Waals surface area contributed by atoms with Crippen LogP contribution in [0, 0.1) is 0 Å². The third kappa shape index (κ3) is 3.27. The molecular weight excluding hydrogens is 258 g/mol. The Morgan fingerprint density at radius 2 is 1.81 bits per heavy atom. The predicted molar refractivity (Wildman–Crippen MR) is 86.7 cm³/mol. The van der Waals surface area contributed by atoms with Gasteiger partial charge in [-0.3, -0.25) is 0 Å². The fraction of sp³-hybridized carbons (Fsp3) is 0.368. The van der Waals surface area contributed by atoms with Crippen molar-refractivity contribution in [1.82, 2.24) is 5.32 Å². The molecule has 0 saturated heterocycles. The maximum atomic E-state index is 5.73. The van der Waals surface area contributed by atoms with Crippen molar-refractivity contribution in [2.75, 3.05) is 6.61 Å². The first-order chi connectivity index (χ1) is 10.3. The van der Waals surface area contributed by atoms with E-state index >= 15 is 0 Å². The first kappa shape index (κ1) is 14.2. The molecule has 0 spiro atoms. The van der Waals surface area contributed by atoms with E-state index in [0.717, 1.165) is 5.75 Å². The van der Waals surface area contributed by atoms with Crippen molar-refractivity contribution in [3.05, 3.63) is 65.7 Å². The van der Waals surface area contributed by atoms with E-state index in [4.69, 9.17) is 4.74 Å². The monoisotopic (exact) mass is 281 g/mol. The highest BCUT2D eigenvalue weighted by Crippen LogP contribution is 2.42. The quantitative estimate of drug-likeness (QED) is 0.852. The van der Waals surface area contributed by atoms with Crippen molar-refractivity contribution < 1.29 is 4.74 Å². The highest BCUT2D eigenvalue weighted by Gasteiger charge is 2.39. The van der Waals surface area contributed by atoms with Crippen molar-refractivity contribution >= 4 is 0 Å². The number of benzene rings is 2. The second kappa shape index (κ2) is 6.31. The molecule has 1 N–H and O–H groups in total.